The van der Waals surface area contributed by atoms with E-state index in [4.69, 9.17) is 5.73 Å². The Balaban J connectivity index is 2.08. The Morgan fingerprint density at radius 2 is 2.17 bits per heavy atom. The molecular weight excluding hydrogens is 246 g/mol. The van der Waals surface area contributed by atoms with E-state index in [9.17, 15) is 0 Å². The Morgan fingerprint density at radius 1 is 1.39 bits per heavy atom. The van der Waals surface area contributed by atoms with Gasteiger partial charge in [0.2, 0.25) is 5.95 Å². The monoisotopic (exact) mass is 267 g/mol. The molecule has 1 saturated carbocycles. The maximum absolute atomic E-state index is 5.72. The maximum Gasteiger partial charge on any atom is 0.223 e. The second kappa shape index (κ2) is 6.13. The van der Waals surface area contributed by atoms with Gasteiger partial charge in [-0.15, -0.1) is 0 Å². The fourth-order valence-corrected chi connectivity index (χ4v) is 3.31. The summed E-state index contributed by atoms with van der Waals surface area (Å²) in [6.07, 6.45) is 5.93. The largest absolute Gasteiger partial charge is 0.370 e. The summed E-state index contributed by atoms with van der Waals surface area (Å²) in [7, 11) is 0. The summed E-state index contributed by atoms with van der Waals surface area (Å²) < 4.78 is 0. The summed E-state index contributed by atoms with van der Waals surface area (Å²) in [6, 6.07) is 2.42. The standard InChI is InChI=1S/C12H21N5S/c1-3-14-10-7-11(17-12(13)16-10)15-8-5-4-6-9(8)18-2/h7-9H,3-6H2,1-2H3,(H4,13,14,15,16,17). The van der Waals surface area contributed by atoms with Gasteiger partial charge in [-0.2, -0.15) is 21.7 Å². The molecule has 1 aliphatic rings. The van der Waals surface area contributed by atoms with E-state index in [1.165, 1.54) is 19.3 Å². The van der Waals surface area contributed by atoms with E-state index in [1.54, 1.807) is 0 Å². The van der Waals surface area contributed by atoms with Crippen molar-refractivity contribution in [3.63, 3.8) is 0 Å². The predicted molar refractivity (Wildman–Crippen MR) is 79.2 cm³/mol. The van der Waals surface area contributed by atoms with Crippen LogP contribution in [0.3, 0.4) is 0 Å². The molecule has 5 nitrogen and oxygen atoms in total. The van der Waals surface area contributed by atoms with Crippen LogP contribution in [0.15, 0.2) is 6.07 Å². The van der Waals surface area contributed by atoms with Gasteiger partial charge in [-0.25, -0.2) is 0 Å². The Hall–Kier alpha value is -1.17. The maximum atomic E-state index is 5.72. The van der Waals surface area contributed by atoms with Gasteiger partial charge >= 0.3 is 0 Å². The molecule has 0 bridgehead atoms. The molecule has 2 unspecified atom stereocenters. The molecule has 1 aromatic heterocycles. The minimum absolute atomic E-state index is 0.314. The highest BCUT2D eigenvalue weighted by atomic mass is 32.2. The summed E-state index contributed by atoms with van der Waals surface area (Å²) >= 11 is 1.93. The lowest BCUT2D eigenvalue weighted by Crippen LogP contribution is -2.26. The number of nitrogens with one attached hydrogen (secondary N) is 2. The fraction of sp³-hybridized carbons (Fsp3) is 0.667. The summed E-state index contributed by atoms with van der Waals surface area (Å²) in [5.74, 6) is 1.92. The summed E-state index contributed by atoms with van der Waals surface area (Å²) in [6.45, 7) is 2.86. The van der Waals surface area contributed by atoms with Gasteiger partial charge in [-0.3, -0.25) is 0 Å². The first kappa shape index (κ1) is 13.3. The van der Waals surface area contributed by atoms with E-state index in [1.807, 2.05) is 24.8 Å². The zero-order valence-electron chi connectivity index (χ0n) is 10.9. The molecular formula is C12H21N5S. The molecule has 6 heteroatoms. The number of hydrogen-bond donors (Lipinski definition) is 3. The van der Waals surface area contributed by atoms with Crippen molar-refractivity contribution in [3.05, 3.63) is 6.07 Å². The molecule has 1 fully saturated rings. The van der Waals surface area contributed by atoms with Crippen molar-refractivity contribution >= 4 is 29.3 Å². The highest BCUT2D eigenvalue weighted by Gasteiger charge is 2.26. The molecule has 0 radical (unpaired) electrons. The molecule has 0 saturated heterocycles. The first-order valence-electron chi connectivity index (χ1n) is 6.40. The second-order valence-electron chi connectivity index (χ2n) is 4.48. The lowest BCUT2D eigenvalue weighted by atomic mass is 10.2. The van der Waals surface area contributed by atoms with Crippen LogP contribution in [0.4, 0.5) is 17.6 Å². The quantitative estimate of drug-likeness (QED) is 0.759. The van der Waals surface area contributed by atoms with Crippen molar-refractivity contribution in [2.45, 2.75) is 37.5 Å². The van der Waals surface area contributed by atoms with Gasteiger partial charge in [-0.05, 0) is 26.0 Å². The van der Waals surface area contributed by atoms with Crippen LogP contribution < -0.4 is 16.4 Å². The van der Waals surface area contributed by atoms with Crippen molar-refractivity contribution < 1.29 is 0 Å². The number of anilines is 3. The van der Waals surface area contributed by atoms with Crippen molar-refractivity contribution in [1.82, 2.24) is 9.97 Å². The van der Waals surface area contributed by atoms with Gasteiger partial charge in [0.1, 0.15) is 11.6 Å². The SMILES string of the molecule is CCNc1cc(NC2CCCC2SC)nc(N)n1. The number of aromatic nitrogens is 2. The number of hydrogen-bond acceptors (Lipinski definition) is 6. The Kier molecular flexibility index (Phi) is 4.52. The van der Waals surface area contributed by atoms with E-state index < -0.39 is 0 Å². The van der Waals surface area contributed by atoms with Gasteiger partial charge < -0.3 is 16.4 Å². The molecule has 0 aromatic carbocycles. The number of thioether (sulfide) groups is 1. The van der Waals surface area contributed by atoms with Crippen molar-refractivity contribution in [2.75, 3.05) is 29.2 Å². The zero-order chi connectivity index (χ0) is 13.0. The third kappa shape index (κ3) is 3.19. The number of nitrogens with zero attached hydrogens (tertiary/aromatic N) is 2. The average Bonchev–Trinajstić information content (AvgIpc) is 2.76. The average molecular weight is 267 g/mol. The smallest absolute Gasteiger partial charge is 0.223 e. The van der Waals surface area contributed by atoms with Gasteiger partial charge in [0.05, 0.1) is 0 Å². The fourth-order valence-electron chi connectivity index (χ4n) is 2.37. The molecule has 100 valence electrons. The van der Waals surface area contributed by atoms with Crippen molar-refractivity contribution in [1.29, 1.82) is 0 Å². The third-order valence-corrected chi connectivity index (χ3v) is 4.36. The van der Waals surface area contributed by atoms with Gasteiger partial charge in [0, 0.05) is 23.9 Å². The summed E-state index contributed by atoms with van der Waals surface area (Å²) in [5, 5.41) is 7.32. The van der Waals surface area contributed by atoms with Crippen LogP contribution in [0, 0.1) is 0 Å². The highest BCUT2D eigenvalue weighted by molar-refractivity contribution is 7.99. The highest BCUT2D eigenvalue weighted by Crippen LogP contribution is 2.30. The van der Waals surface area contributed by atoms with Crippen molar-refractivity contribution in [2.24, 2.45) is 0 Å². The number of nitrogen functional groups attached to an aromatic ring is 1. The molecule has 0 aliphatic heterocycles. The molecule has 1 aromatic rings. The van der Waals surface area contributed by atoms with Crippen LogP contribution >= 0.6 is 11.8 Å². The third-order valence-electron chi connectivity index (χ3n) is 3.19. The van der Waals surface area contributed by atoms with E-state index in [0.29, 0.717) is 17.2 Å². The van der Waals surface area contributed by atoms with E-state index in [2.05, 4.69) is 26.9 Å². The normalized spacial score (nSPS) is 23.0. The van der Waals surface area contributed by atoms with E-state index in [-0.39, 0.29) is 0 Å². The molecule has 2 atom stereocenters. The summed E-state index contributed by atoms with van der Waals surface area (Å²) in [5.41, 5.74) is 5.72. The van der Waals surface area contributed by atoms with Crippen molar-refractivity contribution in [3.8, 4) is 0 Å². The molecule has 0 spiro atoms. The predicted octanol–water partition coefficient (Wildman–Crippen LogP) is 2.19. The minimum atomic E-state index is 0.314. The number of nitrogens with two attached hydrogens (primary N) is 1. The van der Waals surface area contributed by atoms with Gasteiger partial charge in [-0.1, -0.05) is 6.42 Å². The lowest BCUT2D eigenvalue weighted by Gasteiger charge is -2.20. The Bertz CT molecular complexity index is 398. The molecule has 4 N–H and O–H groups in total. The molecule has 1 heterocycles. The molecule has 0 amide bonds. The van der Waals surface area contributed by atoms with Crippen LogP contribution in [0.1, 0.15) is 26.2 Å². The van der Waals surface area contributed by atoms with Crippen LogP contribution in [0.2, 0.25) is 0 Å². The molecule has 1 aliphatic carbocycles. The van der Waals surface area contributed by atoms with Crippen LogP contribution in [-0.2, 0) is 0 Å². The van der Waals surface area contributed by atoms with Crippen LogP contribution in [0.5, 0.6) is 0 Å². The van der Waals surface area contributed by atoms with E-state index in [0.717, 1.165) is 18.2 Å². The summed E-state index contributed by atoms with van der Waals surface area (Å²) in [4.78, 5) is 8.40. The minimum Gasteiger partial charge on any atom is -0.370 e. The lowest BCUT2D eigenvalue weighted by molar-refractivity contribution is 0.763. The Morgan fingerprint density at radius 3 is 2.89 bits per heavy atom. The first-order valence-corrected chi connectivity index (χ1v) is 7.69. The Labute approximate surface area is 112 Å². The molecule has 18 heavy (non-hydrogen) atoms. The second-order valence-corrected chi connectivity index (χ2v) is 5.56. The number of rotatable bonds is 5. The van der Waals surface area contributed by atoms with Crippen LogP contribution in [0.25, 0.3) is 0 Å². The zero-order valence-corrected chi connectivity index (χ0v) is 11.8. The molecule has 2 rings (SSSR count). The van der Waals surface area contributed by atoms with E-state index >= 15 is 0 Å². The van der Waals surface area contributed by atoms with Gasteiger partial charge in [0.25, 0.3) is 0 Å². The topological polar surface area (TPSA) is 75.9 Å². The first-order chi connectivity index (χ1) is 8.72. The van der Waals surface area contributed by atoms with Crippen LogP contribution in [-0.4, -0.2) is 34.1 Å². The van der Waals surface area contributed by atoms with Gasteiger partial charge in [0.15, 0.2) is 0 Å².